The molecule has 0 aliphatic rings. The summed E-state index contributed by atoms with van der Waals surface area (Å²) in [5, 5.41) is 8.21. The quantitative estimate of drug-likeness (QED) is 0.793. The van der Waals surface area contributed by atoms with Crippen LogP contribution in [0.2, 0.25) is 0 Å². The van der Waals surface area contributed by atoms with Crippen LogP contribution in [0.4, 0.5) is 16.2 Å². The maximum Gasteiger partial charge on any atom is 0.319 e. The van der Waals surface area contributed by atoms with Gasteiger partial charge in [0.25, 0.3) is 0 Å². The highest BCUT2D eigenvalue weighted by Crippen LogP contribution is 2.15. The number of rotatable bonds is 5. The minimum Gasteiger partial charge on any atom is -0.334 e. The molecule has 0 aliphatic heterocycles. The number of hydrogen-bond donors (Lipinski definition) is 3. The molecular weight excluding hydrogens is 280 g/mol. The molecule has 0 aliphatic carbocycles. The van der Waals surface area contributed by atoms with Gasteiger partial charge in [0.15, 0.2) is 0 Å². The van der Waals surface area contributed by atoms with Gasteiger partial charge in [0.1, 0.15) is 0 Å². The third-order valence-electron chi connectivity index (χ3n) is 2.90. The smallest absolute Gasteiger partial charge is 0.319 e. The summed E-state index contributed by atoms with van der Waals surface area (Å²) in [5.74, 6) is -0.0711. The Hall–Kier alpha value is -2.89. The van der Waals surface area contributed by atoms with Crippen molar-refractivity contribution in [2.24, 2.45) is 0 Å². The predicted molar refractivity (Wildman–Crippen MR) is 85.5 cm³/mol. The molecule has 1 heterocycles. The normalized spacial score (nSPS) is 9.86. The van der Waals surface area contributed by atoms with Crippen LogP contribution in [0.15, 0.2) is 48.8 Å². The van der Waals surface area contributed by atoms with E-state index in [9.17, 15) is 9.59 Å². The lowest BCUT2D eigenvalue weighted by molar-refractivity contribution is -0.115. The number of amides is 3. The van der Waals surface area contributed by atoms with Crippen LogP contribution < -0.4 is 16.0 Å². The zero-order valence-electron chi connectivity index (χ0n) is 12.3. The summed E-state index contributed by atoms with van der Waals surface area (Å²) in [4.78, 5) is 27.2. The Kier molecular flexibility index (Phi) is 5.48. The fraction of sp³-hybridized carbons (Fsp3) is 0.188. The molecule has 1 aromatic carbocycles. The number of hydrogen-bond acceptors (Lipinski definition) is 3. The van der Waals surface area contributed by atoms with Crippen molar-refractivity contribution < 1.29 is 9.59 Å². The highest BCUT2D eigenvalue weighted by Gasteiger charge is 2.04. The van der Waals surface area contributed by atoms with E-state index in [-0.39, 0.29) is 11.9 Å². The number of carbonyl (C=O) groups excluding carboxylic acids is 2. The standard InChI is InChI=1S/C16H18N4O2/c1-2-15(21)19-13-6-3-7-14(9-13)20-16(22)18-11-12-5-4-8-17-10-12/h3-10H,2,11H2,1H3,(H,19,21)(H2,18,20,22). The molecule has 3 amide bonds. The number of benzene rings is 1. The summed E-state index contributed by atoms with van der Waals surface area (Å²) in [6, 6.07) is 10.4. The van der Waals surface area contributed by atoms with E-state index in [1.54, 1.807) is 43.6 Å². The van der Waals surface area contributed by atoms with Crippen LogP contribution in [-0.2, 0) is 11.3 Å². The number of pyridine rings is 1. The van der Waals surface area contributed by atoms with Crippen LogP contribution in [-0.4, -0.2) is 16.9 Å². The molecule has 6 heteroatoms. The van der Waals surface area contributed by atoms with Gasteiger partial charge in [-0.3, -0.25) is 9.78 Å². The highest BCUT2D eigenvalue weighted by molar-refractivity contribution is 5.93. The van der Waals surface area contributed by atoms with Crippen LogP contribution in [0.3, 0.4) is 0 Å². The molecule has 1 aromatic heterocycles. The van der Waals surface area contributed by atoms with Crippen molar-refractivity contribution in [3.63, 3.8) is 0 Å². The van der Waals surface area contributed by atoms with E-state index in [4.69, 9.17) is 0 Å². The Morgan fingerprint density at radius 2 is 1.86 bits per heavy atom. The predicted octanol–water partition coefficient (Wildman–Crippen LogP) is 2.75. The first-order valence-electron chi connectivity index (χ1n) is 7.01. The number of carbonyl (C=O) groups is 2. The largest absolute Gasteiger partial charge is 0.334 e. The monoisotopic (exact) mass is 298 g/mol. The summed E-state index contributed by atoms with van der Waals surface area (Å²) in [6.45, 7) is 2.18. The first-order valence-corrected chi connectivity index (χ1v) is 7.01. The second-order valence-electron chi connectivity index (χ2n) is 4.65. The zero-order valence-corrected chi connectivity index (χ0v) is 12.3. The Labute approximate surface area is 129 Å². The van der Waals surface area contributed by atoms with E-state index in [0.717, 1.165) is 5.56 Å². The summed E-state index contributed by atoms with van der Waals surface area (Å²) >= 11 is 0. The number of urea groups is 1. The molecule has 0 radical (unpaired) electrons. The van der Waals surface area contributed by atoms with Gasteiger partial charge >= 0.3 is 6.03 Å². The second-order valence-corrected chi connectivity index (χ2v) is 4.65. The first kappa shape index (κ1) is 15.5. The molecular formula is C16H18N4O2. The van der Waals surface area contributed by atoms with Crippen molar-refractivity contribution in [2.75, 3.05) is 10.6 Å². The molecule has 0 saturated heterocycles. The fourth-order valence-corrected chi connectivity index (χ4v) is 1.78. The van der Waals surface area contributed by atoms with Gasteiger partial charge in [-0.1, -0.05) is 19.1 Å². The second kappa shape index (κ2) is 7.78. The third kappa shape index (κ3) is 4.90. The van der Waals surface area contributed by atoms with Gasteiger partial charge in [0.2, 0.25) is 5.91 Å². The van der Waals surface area contributed by atoms with E-state index >= 15 is 0 Å². The number of nitrogens with one attached hydrogen (secondary N) is 3. The molecule has 22 heavy (non-hydrogen) atoms. The fourth-order valence-electron chi connectivity index (χ4n) is 1.78. The third-order valence-corrected chi connectivity index (χ3v) is 2.90. The van der Waals surface area contributed by atoms with E-state index in [2.05, 4.69) is 20.9 Å². The van der Waals surface area contributed by atoms with Crippen LogP contribution in [0, 0.1) is 0 Å². The minimum atomic E-state index is -0.317. The van der Waals surface area contributed by atoms with Crippen LogP contribution in [0.25, 0.3) is 0 Å². The van der Waals surface area contributed by atoms with Crippen LogP contribution >= 0.6 is 0 Å². The van der Waals surface area contributed by atoms with Crippen LogP contribution in [0.5, 0.6) is 0 Å². The van der Waals surface area contributed by atoms with Crippen molar-refractivity contribution in [1.29, 1.82) is 0 Å². The van der Waals surface area contributed by atoms with Gasteiger partial charge < -0.3 is 16.0 Å². The Morgan fingerprint density at radius 1 is 1.09 bits per heavy atom. The van der Waals surface area contributed by atoms with E-state index in [0.29, 0.717) is 24.3 Å². The maximum atomic E-state index is 11.8. The van der Waals surface area contributed by atoms with Gasteiger partial charge in [0, 0.05) is 36.7 Å². The molecule has 0 atom stereocenters. The Balaban J connectivity index is 1.88. The van der Waals surface area contributed by atoms with Gasteiger partial charge in [-0.15, -0.1) is 0 Å². The SMILES string of the molecule is CCC(=O)Nc1cccc(NC(=O)NCc2cccnc2)c1. The summed E-state index contributed by atoms with van der Waals surface area (Å²) in [5.41, 5.74) is 2.18. The van der Waals surface area contributed by atoms with E-state index < -0.39 is 0 Å². The highest BCUT2D eigenvalue weighted by atomic mass is 16.2. The maximum absolute atomic E-state index is 11.8. The summed E-state index contributed by atoms with van der Waals surface area (Å²) < 4.78 is 0. The molecule has 3 N–H and O–H groups in total. The Morgan fingerprint density at radius 3 is 2.55 bits per heavy atom. The molecule has 0 unspecified atom stereocenters. The van der Waals surface area contributed by atoms with Crippen molar-refractivity contribution in [3.8, 4) is 0 Å². The molecule has 0 fully saturated rings. The van der Waals surface area contributed by atoms with E-state index in [1.165, 1.54) is 0 Å². The number of anilines is 2. The Bertz CT molecular complexity index is 644. The molecule has 0 spiro atoms. The topological polar surface area (TPSA) is 83.1 Å². The molecule has 6 nitrogen and oxygen atoms in total. The van der Waals surface area contributed by atoms with Crippen LogP contribution in [0.1, 0.15) is 18.9 Å². The lowest BCUT2D eigenvalue weighted by Gasteiger charge is -2.09. The number of nitrogens with zero attached hydrogens (tertiary/aromatic N) is 1. The van der Waals surface area contributed by atoms with Gasteiger partial charge in [-0.2, -0.15) is 0 Å². The van der Waals surface area contributed by atoms with Crippen molar-refractivity contribution in [2.45, 2.75) is 19.9 Å². The molecule has 2 aromatic rings. The van der Waals surface area contributed by atoms with Gasteiger partial charge in [0.05, 0.1) is 0 Å². The van der Waals surface area contributed by atoms with Crippen molar-refractivity contribution in [1.82, 2.24) is 10.3 Å². The van der Waals surface area contributed by atoms with Gasteiger partial charge in [-0.25, -0.2) is 4.79 Å². The zero-order chi connectivity index (χ0) is 15.8. The first-order chi connectivity index (χ1) is 10.7. The summed E-state index contributed by atoms with van der Waals surface area (Å²) in [6.07, 6.45) is 3.78. The average molecular weight is 298 g/mol. The van der Waals surface area contributed by atoms with Crippen molar-refractivity contribution >= 4 is 23.3 Å². The lowest BCUT2D eigenvalue weighted by Crippen LogP contribution is -2.28. The average Bonchev–Trinajstić information content (AvgIpc) is 2.54. The van der Waals surface area contributed by atoms with Gasteiger partial charge in [-0.05, 0) is 29.8 Å². The molecule has 0 bridgehead atoms. The molecule has 2 rings (SSSR count). The molecule has 114 valence electrons. The lowest BCUT2D eigenvalue weighted by atomic mass is 10.2. The van der Waals surface area contributed by atoms with Crippen molar-refractivity contribution in [3.05, 3.63) is 54.4 Å². The summed E-state index contributed by atoms with van der Waals surface area (Å²) in [7, 11) is 0. The molecule has 0 saturated carbocycles. The minimum absolute atomic E-state index is 0.0711. The van der Waals surface area contributed by atoms with E-state index in [1.807, 2.05) is 12.1 Å². The number of aromatic nitrogens is 1.